The number of hydrogen-bond acceptors (Lipinski definition) is 3. The van der Waals surface area contributed by atoms with E-state index in [1.54, 1.807) is 0 Å². The van der Waals surface area contributed by atoms with E-state index in [1.165, 1.54) is 25.7 Å². The number of aromatic nitrogens is 2. The van der Waals surface area contributed by atoms with Crippen molar-refractivity contribution in [3.63, 3.8) is 0 Å². The summed E-state index contributed by atoms with van der Waals surface area (Å²) in [7, 11) is 0. The fraction of sp³-hybridized carbons (Fsp3) is 0.733. The van der Waals surface area contributed by atoms with E-state index in [2.05, 4.69) is 19.4 Å². The fourth-order valence-corrected chi connectivity index (χ4v) is 3.42. The molecular weight excluding hydrogens is 252 g/mol. The number of imidazole rings is 1. The Labute approximate surface area is 120 Å². The van der Waals surface area contributed by atoms with Crippen molar-refractivity contribution in [3.05, 3.63) is 18.7 Å². The number of amides is 1. The summed E-state index contributed by atoms with van der Waals surface area (Å²) in [4.78, 5) is 20.7. The lowest BCUT2D eigenvalue weighted by Crippen LogP contribution is -2.53. The quantitative estimate of drug-likeness (QED) is 0.815. The van der Waals surface area contributed by atoms with Crippen LogP contribution in [0, 0.1) is 0 Å². The second-order valence-electron chi connectivity index (χ2n) is 5.96. The van der Waals surface area contributed by atoms with E-state index in [0.717, 1.165) is 32.6 Å². The van der Waals surface area contributed by atoms with E-state index in [4.69, 9.17) is 0 Å². The Hall–Kier alpha value is -1.36. The second kappa shape index (κ2) is 6.39. The first-order valence-corrected chi connectivity index (χ1v) is 7.80. The molecule has 2 heterocycles. The summed E-state index contributed by atoms with van der Waals surface area (Å²) in [6.07, 6.45) is 11.7. The van der Waals surface area contributed by atoms with Gasteiger partial charge in [0.05, 0.1) is 12.9 Å². The van der Waals surface area contributed by atoms with Crippen molar-refractivity contribution in [1.82, 2.24) is 19.4 Å². The van der Waals surface area contributed by atoms with Gasteiger partial charge in [-0.15, -0.1) is 0 Å². The van der Waals surface area contributed by atoms with Crippen molar-refractivity contribution in [2.24, 2.45) is 0 Å². The molecule has 1 aromatic heterocycles. The highest BCUT2D eigenvalue weighted by Crippen LogP contribution is 2.24. The maximum absolute atomic E-state index is 12.3. The Morgan fingerprint density at radius 2 is 2.05 bits per heavy atom. The molecule has 5 nitrogen and oxygen atoms in total. The zero-order valence-electron chi connectivity index (χ0n) is 12.1. The van der Waals surface area contributed by atoms with Crippen LogP contribution in [-0.2, 0) is 11.3 Å². The maximum atomic E-state index is 12.3. The number of piperazine rings is 1. The van der Waals surface area contributed by atoms with Crippen LogP contribution in [0.4, 0.5) is 0 Å². The Kier molecular flexibility index (Phi) is 4.35. The van der Waals surface area contributed by atoms with Gasteiger partial charge in [-0.2, -0.15) is 0 Å². The largest absolute Gasteiger partial charge is 0.337 e. The fourth-order valence-electron chi connectivity index (χ4n) is 3.42. The molecule has 5 heteroatoms. The summed E-state index contributed by atoms with van der Waals surface area (Å²) in [6, 6.07) is 0.538. The van der Waals surface area contributed by atoms with Gasteiger partial charge < -0.3 is 9.47 Å². The number of aryl methyl sites for hydroxylation is 1. The first kappa shape index (κ1) is 13.6. The summed E-state index contributed by atoms with van der Waals surface area (Å²) in [5.41, 5.74) is 0. The van der Waals surface area contributed by atoms with Crippen LogP contribution in [0.5, 0.6) is 0 Å². The van der Waals surface area contributed by atoms with Crippen molar-refractivity contribution in [3.8, 4) is 0 Å². The average Bonchev–Trinajstić information content (AvgIpc) is 3.11. The lowest BCUT2D eigenvalue weighted by Gasteiger charge is -2.37. The van der Waals surface area contributed by atoms with Gasteiger partial charge in [-0.1, -0.05) is 12.8 Å². The van der Waals surface area contributed by atoms with Gasteiger partial charge >= 0.3 is 0 Å². The smallest absolute Gasteiger partial charge is 0.237 e. The summed E-state index contributed by atoms with van der Waals surface area (Å²) in [5.74, 6) is 0.339. The van der Waals surface area contributed by atoms with Gasteiger partial charge in [0.25, 0.3) is 0 Å². The zero-order valence-corrected chi connectivity index (χ0v) is 12.1. The predicted molar refractivity (Wildman–Crippen MR) is 77.3 cm³/mol. The zero-order chi connectivity index (χ0) is 13.8. The number of hydrogen-bond donors (Lipinski definition) is 0. The van der Waals surface area contributed by atoms with E-state index < -0.39 is 0 Å². The third-order valence-corrected chi connectivity index (χ3v) is 4.55. The molecule has 0 radical (unpaired) electrons. The van der Waals surface area contributed by atoms with Crippen molar-refractivity contribution < 1.29 is 4.79 Å². The van der Waals surface area contributed by atoms with Crippen LogP contribution in [0.2, 0.25) is 0 Å². The molecule has 1 aliphatic heterocycles. The number of rotatable bonds is 5. The Morgan fingerprint density at radius 3 is 2.75 bits per heavy atom. The molecular formula is C15H24N4O. The number of carbonyl (C=O) groups excluding carboxylic acids is 1. The van der Waals surface area contributed by atoms with Gasteiger partial charge in [-0.05, 0) is 19.3 Å². The predicted octanol–water partition coefficient (Wildman–Crippen LogP) is 1.36. The third kappa shape index (κ3) is 3.20. The monoisotopic (exact) mass is 276 g/mol. The van der Waals surface area contributed by atoms with E-state index in [-0.39, 0.29) is 0 Å². The van der Waals surface area contributed by atoms with Crippen molar-refractivity contribution >= 4 is 5.91 Å². The molecule has 1 saturated carbocycles. The van der Waals surface area contributed by atoms with E-state index in [1.807, 2.05) is 18.7 Å². The molecule has 3 rings (SSSR count). The van der Waals surface area contributed by atoms with E-state index >= 15 is 0 Å². The van der Waals surface area contributed by atoms with Crippen molar-refractivity contribution in [2.45, 2.75) is 44.7 Å². The second-order valence-corrected chi connectivity index (χ2v) is 5.96. The van der Waals surface area contributed by atoms with Gasteiger partial charge in [0.15, 0.2) is 0 Å². The van der Waals surface area contributed by atoms with E-state index in [0.29, 0.717) is 18.5 Å². The molecule has 0 spiro atoms. The van der Waals surface area contributed by atoms with Crippen LogP contribution in [0.25, 0.3) is 0 Å². The van der Waals surface area contributed by atoms with Gasteiger partial charge in [-0.3, -0.25) is 9.69 Å². The molecule has 2 aliphatic rings. The Morgan fingerprint density at radius 1 is 1.20 bits per heavy atom. The lowest BCUT2D eigenvalue weighted by molar-refractivity contribution is -0.138. The van der Waals surface area contributed by atoms with Gasteiger partial charge in [-0.25, -0.2) is 4.98 Å². The molecule has 2 fully saturated rings. The molecule has 0 bridgehead atoms. The van der Waals surface area contributed by atoms with Crippen LogP contribution in [0.1, 0.15) is 32.1 Å². The van der Waals surface area contributed by atoms with Crippen LogP contribution < -0.4 is 0 Å². The highest BCUT2D eigenvalue weighted by atomic mass is 16.2. The highest BCUT2D eigenvalue weighted by Gasteiger charge is 2.30. The van der Waals surface area contributed by atoms with Crippen LogP contribution >= 0.6 is 0 Å². The standard InChI is InChI=1S/C15H24N4O/c20-15-12-17(7-3-8-18-9-6-16-13-18)10-11-19(15)14-4-1-2-5-14/h6,9,13-14H,1-5,7-8,10-12H2. The highest BCUT2D eigenvalue weighted by molar-refractivity contribution is 5.79. The molecule has 0 atom stereocenters. The minimum atomic E-state index is 0.339. The number of nitrogens with zero attached hydrogens (tertiary/aromatic N) is 4. The summed E-state index contributed by atoms with van der Waals surface area (Å²) in [6.45, 7) is 4.56. The first-order valence-electron chi connectivity index (χ1n) is 7.80. The SMILES string of the molecule is O=C1CN(CCCn2ccnc2)CCN1C1CCCC1. The molecule has 20 heavy (non-hydrogen) atoms. The molecule has 0 unspecified atom stereocenters. The maximum Gasteiger partial charge on any atom is 0.237 e. The minimum absolute atomic E-state index is 0.339. The van der Waals surface area contributed by atoms with Crippen LogP contribution in [-0.4, -0.2) is 57.5 Å². The topological polar surface area (TPSA) is 41.4 Å². The Balaban J connectivity index is 1.41. The molecule has 1 saturated heterocycles. The van der Waals surface area contributed by atoms with Gasteiger partial charge in [0, 0.05) is 44.6 Å². The first-order chi connectivity index (χ1) is 9.83. The normalized spacial score (nSPS) is 21.8. The Bertz CT molecular complexity index is 425. The van der Waals surface area contributed by atoms with Crippen molar-refractivity contribution in [1.29, 1.82) is 0 Å². The molecule has 0 N–H and O–H groups in total. The van der Waals surface area contributed by atoms with Gasteiger partial charge in [0.2, 0.25) is 5.91 Å². The third-order valence-electron chi connectivity index (χ3n) is 4.55. The minimum Gasteiger partial charge on any atom is -0.337 e. The molecule has 1 aromatic rings. The summed E-state index contributed by atoms with van der Waals surface area (Å²) >= 11 is 0. The number of carbonyl (C=O) groups is 1. The lowest BCUT2D eigenvalue weighted by atomic mass is 10.1. The van der Waals surface area contributed by atoms with Gasteiger partial charge in [0.1, 0.15) is 0 Å². The summed E-state index contributed by atoms with van der Waals surface area (Å²) < 4.78 is 2.09. The molecule has 110 valence electrons. The molecule has 1 amide bonds. The molecule has 1 aliphatic carbocycles. The van der Waals surface area contributed by atoms with E-state index in [9.17, 15) is 4.79 Å². The average molecular weight is 276 g/mol. The van der Waals surface area contributed by atoms with Crippen LogP contribution in [0.15, 0.2) is 18.7 Å². The summed E-state index contributed by atoms with van der Waals surface area (Å²) in [5, 5.41) is 0. The molecule has 0 aromatic carbocycles. The van der Waals surface area contributed by atoms with Crippen LogP contribution in [0.3, 0.4) is 0 Å². The van der Waals surface area contributed by atoms with Crippen molar-refractivity contribution in [2.75, 3.05) is 26.2 Å².